The van der Waals surface area contributed by atoms with Crippen molar-refractivity contribution in [3.8, 4) is 11.4 Å². The van der Waals surface area contributed by atoms with Crippen LogP contribution >= 0.6 is 0 Å². The highest BCUT2D eigenvalue weighted by molar-refractivity contribution is 7.90. The zero-order chi connectivity index (χ0) is 17.4. The third-order valence-electron chi connectivity index (χ3n) is 4.80. The van der Waals surface area contributed by atoms with E-state index in [0.29, 0.717) is 31.8 Å². The van der Waals surface area contributed by atoms with Crippen LogP contribution in [0.5, 0.6) is 0 Å². The number of rotatable bonds is 7. The van der Waals surface area contributed by atoms with Crippen molar-refractivity contribution in [3.05, 3.63) is 23.9 Å². The van der Waals surface area contributed by atoms with Crippen molar-refractivity contribution in [1.29, 1.82) is 0 Å². The Hall–Kier alpha value is -1.71. The summed E-state index contributed by atoms with van der Waals surface area (Å²) in [6, 6.07) is 0. The fourth-order valence-corrected chi connectivity index (χ4v) is 5.15. The Kier molecular flexibility index (Phi) is 4.38. The molecule has 0 amide bonds. The summed E-state index contributed by atoms with van der Waals surface area (Å²) in [5, 5.41) is 4.51. The van der Waals surface area contributed by atoms with Crippen LogP contribution in [0.2, 0.25) is 0 Å². The molecule has 0 N–H and O–H groups in total. The molecule has 1 fully saturated rings. The molecule has 0 aromatic carbocycles. The van der Waals surface area contributed by atoms with Gasteiger partial charge in [0.2, 0.25) is 10.0 Å². The van der Waals surface area contributed by atoms with E-state index in [4.69, 9.17) is 14.3 Å². The average Bonchev–Trinajstić information content (AvgIpc) is 3.23. The lowest BCUT2D eigenvalue weighted by Crippen LogP contribution is -2.38. The van der Waals surface area contributed by atoms with Gasteiger partial charge in [0.15, 0.2) is 6.39 Å². The Labute approximate surface area is 146 Å². The summed E-state index contributed by atoms with van der Waals surface area (Å²) in [5.74, 6) is 0. The standard InChI is InChI=1S/C16H22N4O4S/c1-23-8-2-6-20-15-5-7-19(25(21,22)12-3-4-12)9-13(15)16(18-20)14-10-24-11-17-14/h10-12H,2-9H2,1H3. The third kappa shape index (κ3) is 3.11. The number of nitrogens with zero attached hydrogens (tertiary/aromatic N) is 4. The second-order valence-corrected chi connectivity index (χ2v) is 8.76. The Balaban J connectivity index is 1.67. The van der Waals surface area contributed by atoms with E-state index in [0.717, 1.165) is 42.8 Å². The minimum Gasteiger partial charge on any atom is -0.451 e. The highest BCUT2D eigenvalue weighted by Crippen LogP contribution is 2.36. The first-order valence-corrected chi connectivity index (χ1v) is 10.1. The van der Waals surface area contributed by atoms with E-state index >= 15 is 0 Å². The van der Waals surface area contributed by atoms with E-state index in [-0.39, 0.29) is 5.25 Å². The highest BCUT2D eigenvalue weighted by Gasteiger charge is 2.42. The van der Waals surface area contributed by atoms with E-state index in [9.17, 15) is 8.42 Å². The van der Waals surface area contributed by atoms with Crippen LogP contribution in [0.25, 0.3) is 11.4 Å². The molecular weight excluding hydrogens is 344 g/mol. The number of methoxy groups -OCH3 is 1. The maximum absolute atomic E-state index is 12.6. The Bertz CT molecular complexity index is 840. The second-order valence-electron chi connectivity index (χ2n) is 6.54. The van der Waals surface area contributed by atoms with Gasteiger partial charge >= 0.3 is 0 Å². The Morgan fingerprint density at radius 1 is 1.40 bits per heavy atom. The summed E-state index contributed by atoms with van der Waals surface area (Å²) in [6.45, 7) is 2.28. The number of aromatic nitrogens is 3. The van der Waals surface area contributed by atoms with Gasteiger partial charge in [-0.05, 0) is 19.3 Å². The van der Waals surface area contributed by atoms with Crippen molar-refractivity contribution < 1.29 is 17.6 Å². The first kappa shape index (κ1) is 16.7. The number of hydrogen-bond donors (Lipinski definition) is 0. The molecule has 4 rings (SSSR count). The van der Waals surface area contributed by atoms with Crippen LogP contribution < -0.4 is 0 Å². The van der Waals surface area contributed by atoms with Crippen molar-refractivity contribution in [3.63, 3.8) is 0 Å². The molecule has 0 bridgehead atoms. The lowest BCUT2D eigenvalue weighted by Gasteiger charge is -2.27. The van der Waals surface area contributed by atoms with Gasteiger partial charge in [-0.25, -0.2) is 13.4 Å². The monoisotopic (exact) mass is 366 g/mol. The molecule has 0 spiro atoms. The van der Waals surface area contributed by atoms with Crippen LogP contribution in [0.3, 0.4) is 0 Å². The smallest absolute Gasteiger partial charge is 0.217 e. The predicted octanol–water partition coefficient (Wildman–Crippen LogP) is 1.42. The quantitative estimate of drug-likeness (QED) is 0.689. The van der Waals surface area contributed by atoms with Gasteiger partial charge < -0.3 is 9.15 Å². The number of ether oxygens (including phenoxy) is 1. The van der Waals surface area contributed by atoms with Gasteiger partial charge in [-0.3, -0.25) is 4.68 Å². The van der Waals surface area contributed by atoms with Gasteiger partial charge in [-0.1, -0.05) is 0 Å². The van der Waals surface area contributed by atoms with Crippen LogP contribution in [0.15, 0.2) is 17.1 Å². The summed E-state index contributed by atoms with van der Waals surface area (Å²) in [5.41, 5.74) is 3.41. The molecule has 2 aromatic heterocycles. The van der Waals surface area contributed by atoms with Crippen molar-refractivity contribution >= 4 is 10.0 Å². The third-order valence-corrected chi connectivity index (χ3v) is 7.14. The maximum atomic E-state index is 12.6. The van der Waals surface area contributed by atoms with Crippen LogP contribution in [-0.4, -0.2) is 53.0 Å². The molecule has 0 saturated heterocycles. The summed E-state index contributed by atoms with van der Waals surface area (Å²) < 4.78 is 39.0. The highest BCUT2D eigenvalue weighted by atomic mass is 32.2. The molecule has 136 valence electrons. The summed E-state index contributed by atoms with van der Waals surface area (Å²) in [7, 11) is -1.52. The average molecular weight is 366 g/mol. The van der Waals surface area contributed by atoms with E-state index in [1.165, 1.54) is 6.39 Å². The molecule has 1 saturated carbocycles. The summed E-state index contributed by atoms with van der Waals surface area (Å²) in [6.07, 6.45) is 5.99. The number of aryl methyl sites for hydroxylation is 1. The van der Waals surface area contributed by atoms with E-state index in [2.05, 4.69) is 4.98 Å². The molecular formula is C16H22N4O4S. The molecule has 1 aliphatic carbocycles. The SMILES string of the molecule is COCCCn1nc(-c2cocn2)c2c1CCN(S(=O)(=O)C1CC1)C2. The largest absolute Gasteiger partial charge is 0.451 e. The van der Waals surface area contributed by atoms with Gasteiger partial charge in [0.1, 0.15) is 17.7 Å². The van der Waals surface area contributed by atoms with Crippen molar-refractivity contribution in [2.45, 2.75) is 44.0 Å². The first-order valence-electron chi connectivity index (χ1n) is 8.56. The molecule has 25 heavy (non-hydrogen) atoms. The molecule has 2 aliphatic rings. The minimum atomic E-state index is -3.20. The van der Waals surface area contributed by atoms with E-state index < -0.39 is 10.0 Å². The molecule has 0 radical (unpaired) electrons. The van der Waals surface area contributed by atoms with Gasteiger partial charge in [0.25, 0.3) is 0 Å². The maximum Gasteiger partial charge on any atom is 0.217 e. The van der Waals surface area contributed by atoms with Crippen LogP contribution in [0, 0.1) is 0 Å². The zero-order valence-electron chi connectivity index (χ0n) is 14.2. The molecule has 8 nitrogen and oxygen atoms in total. The van der Waals surface area contributed by atoms with E-state index in [1.54, 1.807) is 17.7 Å². The predicted molar refractivity (Wildman–Crippen MR) is 90.3 cm³/mol. The van der Waals surface area contributed by atoms with Gasteiger partial charge in [0, 0.05) is 51.0 Å². The lowest BCUT2D eigenvalue weighted by atomic mass is 10.1. The molecule has 0 unspecified atom stereocenters. The van der Waals surface area contributed by atoms with Crippen molar-refractivity contribution in [2.24, 2.45) is 0 Å². The minimum absolute atomic E-state index is 0.193. The Morgan fingerprint density at radius 3 is 2.92 bits per heavy atom. The molecule has 1 aliphatic heterocycles. The lowest BCUT2D eigenvalue weighted by molar-refractivity contribution is 0.188. The molecule has 0 atom stereocenters. The van der Waals surface area contributed by atoms with Gasteiger partial charge in [-0.2, -0.15) is 9.40 Å². The fourth-order valence-electron chi connectivity index (χ4n) is 3.34. The first-order chi connectivity index (χ1) is 12.1. The normalized spacial score (nSPS) is 18.4. The van der Waals surface area contributed by atoms with Crippen molar-refractivity contribution in [1.82, 2.24) is 19.1 Å². The number of fused-ring (bicyclic) bond motifs is 1. The second kappa shape index (κ2) is 6.54. The molecule has 2 aromatic rings. The zero-order valence-corrected chi connectivity index (χ0v) is 15.0. The van der Waals surface area contributed by atoms with Crippen LogP contribution in [0.1, 0.15) is 30.5 Å². The van der Waals surface area contributed by atoms with Crippen LogP contribution in [0.4, 0.5) is 0 Å². The van der Waals surface area contributed by atoms with Crippen molar-refractivity contribution in [2.75, 3.05) is 20.3 Å². The Morgan fingerprint density at radius 2 is 2.24 bits per heavy atom. The number of oxazole rings is 1. The number of sulfonamides is 1. The van der Waals surface area contributed by atoms with E-state index in [1.807, 2.05) is 4.68 Å². The molecule has 3 heterocycles. The van der Waals surface area contributed by atoms with Crippen LogP contribution in [-0.2, 0) is 34.3 Å². The fraction of sp³-hybridized carbons (Fsp3) is 0.625. The number of hydrogen-bond acceptors (Lipinski definition) is 6. The summed E-state index contributed by atoms with van der Waals surface area (Å²) >= 11 is 0. The summed E-state index contributed by atoms with van der Waals surface area (Å²) in [4.78, 5) is 4.20. The van der Waals surface area contributed by atoms with Gasteiger partial charge in [0.05, 0.1) is 5.25 Å². The van der Waals surface area contributed by atoms with Gasteiger partial charge in [-0.15, -0.1) is 0 Å². The topological polar surface area (TPSA) is 90.5 Å². The molecule has 9 heteroatoms.